The lowest BCUT2D eigenvalue weighted by molar-refractivity contribution is -0.409. The number of aryl methyl sites for hydroxylation is 1. The lowest BCUT2D eigenvalue weighted by Crippen LogP contribution is -2.59. The van der Waals surface area contributed by atoms with Crippen molar-refractivity contribution in [3.05, 3.63) is 39.5 Å². The molecule has 3 saturated heterocycles. The minimum Gasteiger partial charge on any atom is -0.443 e. The molecule has 0 amide bonds. The van der Waals surface area contributed by atoms with Gasteiger partial charge in [0.15, 0.2) is 11.4 Å². The van der Waals surface area contributed by atoms with Crippen LogP contribution in [0.3, 0.4) is 0 Å². The Morgan fingerprint density at radius 2 is 2.10 bits per heavy atom. The molecule has 2 atom stereocenters. The van der Waals surface area contributed by atoms with E-state index in [0.717, 1.165) is 49.2 Å². The van der Waals surface area contributed by atoms with E-state index in [-0.39, 0.29) is 23.6 Å². The van der Waals surface area contributed by atoms with Gasteiger partial charge < -0.3 is 15.4 Å². The number of rotatable bonds is 6. The Bertz CT molecular complexity index is 1680. The summed E-state index contributed by atoms with van der Waals surface area (Å²) in [6.45, 7) is 4.75. The van der Waals surface area contributed by atoms with Crippen molar-refractivity contribution in [3.8, 4) is 18.1 Å². The van der Waals surface area contributed by atoms with Crippen molar-refractivity contribution in [3.63, 3.8) is 0 Å². The number of anilines is 2. The Morgan fingerprint density at radius 3 is 2.83 bits per heavy atom. The summed E-state index contributed by atoms with van der Waals surface area (Å²) >= 11 is 1.51. The molecule has 6 heterocycles. The molecule has 11 nitrogen and oxygen atoms in total. The third-order valence-electron chi connectivity index (χ3n) is 9.67. The third-order valence-corrected chi connectivity index (χ3v) is 10.8. The fourth-order valence-corrected chi connectivity index (χ4v) is 8.61. The van der Waals surface area contributed by atoms with Crippen LogP contribution in [-0.2, 0) is 11.8 Å². The molecule has 0 saturated carbocycles. The van der Waals surface area contributed by atoms with Crippen molar-refractivity contribution in [1.29, 1.82) is 10.5 Å². The second-order valence-electron chi connectivity index (χ2n) is 12.0. The van der Waals surface area contributed by atoms with Gasteiger partial charge in [-0.1, -0.05) is 0 Å². The molecular weight excluding hydrogens is 555 g/mol. The van der Waals surface area contributed by atoms with Crippen LogP contribution in [0.25, 0.3) is 0 Å². The van der Waals surface area contributed by atoms with Crippen molar-refractivity contribution in [2.24, 2.45) is 0 Å². The SMILES string of the molecule is CC(c1ccn[nH]1)=[N+](C)c1nc(OC[C@@]23CCCN2C[C@H](F)C3)nc(N2CC3(CCc4sc(N)c(C#N)c43)C2)c1C#N. The van der Waals surface area contributed by atoms with E-state index in [1.165, 1.54) is 16.2 Å². The monoisotopic (exact) mass is 587 g/mol. The van der Waals surface area contributed by atoms with Gasteiger partial charge in [0.25, 0.3) is 0 Å². The summed E-state index contributed by atoms with van der Waals surface area (Å²) in [6, 6.07) is 6.69. The summed E-state index contributed by atoms with van der Waals surface area (Å²) in [7, 11) is 1.85. The van der Waals surface area contributed by atoms with Gasteiger partial charge in [-0.2, -0.15) is 20.6 Å². The number of nitrogens with two attached hydrogens (primary N) is 1. The van der Waals surface area contributed by atoms with Crippen molar-refractivity contribution < 1.29 is 13.7 Å². The number of nitriles is 2. The highest BCUT2D eigenvalue weighted by Gasteiger charge is 2.53. The van der Waals surface area contributed by atoms with Gasteiger partial charge in [-0.25, -0.2) is 8.97 Å². The van der Waals surface area contributed by atoms with Gasteiger partial charge >= 0.3 is 11.8 Å². The molecule has 216 valence electrons. The molecule has 42 heavy (non-hydrogen) atoms. The van der Waals surface area contributed by atoms with Crippen LogP contribution in [-0.4, -0.2) is 86.9 Å². The minimum absolute atomic E-state index is 0.164. The number of H-pyrrole nitrogens is 1. The molecule has 13 heteroatoms. The number of ether oxygens (including phenoxy) is 1. The van der Waals surface area contributed by atoms with E-state index in [9.17, 15) is 14.9 Å². The fraction of sp³-hybridized carbons (Fsp3) is 0.517. The number of fused-ring (bicyclic) bond motifs is 3. The summed E-state index contributed by atoms with van der Waals surface area (Å²) in [5.41, 5.74) is 9.25. The highest BCUT2D eigenvalue weighted by molar-refractivity contribution is 7.16. The number of aromatic nitrogens is 4. The Morgan fingerprint density at radius 1 is 1.29 bits per heavy atom. The topological polar surface area (TPSA) is 147 Å². The smallest absolute Gasteiger partial charge is 0.435 e. The molecule has 3 aliphatic heterocycles. The molecule has 0 aromatic carbocycles. The number of nitrogen functional groups attached to an aromatic ring is 1. The van der Waals surface area contributed by atoms with E-state index in [1.807, 2.05) is 24.6 Å². The van der Waals surface area contributed by atoms with Gasteiger partial charge in [-0.15, -0.1) is 11.3 Å². The molecule has 0 bridgehead atoms. The number of aromatic amines is 1. The van der Waals surface area contributed by atoms with Crippen LogP contribution in [0.5, 0.6) is 6.01 Å². The first kappa shape index (κ1) is 26.8. The molecule has 7 rings (SSSR count). The number of alkyl halides is 1. The van der Waals surface area contributed by atoms with Crippen molar-refractivity contribution >= 4 is 33.7 Å². The molecule has 3 aromatic heterocycles. The molecule has 1 aliphatic carbocycles. The highest BCUT2D eigenvalue weighted by Crippen LogP contribution is 2.53. The Labute approximate surface area is 247 Å². The van der Waals surface area contributed by atoms with Crippen LogP contribution < -0.4 is 15.4 Å². The average molecular weight is 588 g/mol. The standard InChI is InChI=1S/C29H31FN10OS/c1-17(21-5-8-34-37-21)38(2)25-20(12-32)26(36-27(35-25)41-16-29-6-3-9-40(29)13-18(30)10-29)39-14-28(15-39)7-4-22-23(28)19(11-31)24(33)42-22/h5,8,18H,3-4,6-7,9-10,13-16,33H2,1-2H3/p+1/t18-,29+/m1/s1. The number of nitrogens with zero attached hydrogens (tertiary/aromatic N) is 8. The number of nitrogens with one attached hydrogen (secondary N) is 1. The molecule has 3 aromatic rings. The summed E-state index contributed by atoms with van der Waals surface area (Å²) in [6.07, 6.45) is 4.96. The minimum atomic E-state index is -0.863. The van der Waals surface area contributed by atoms with E-state index >= 15 is 0 Å². The Hall–Kier alpha value is -4.07. The van der Waals surface area contributed by atoms with Crippen LogP contribution in [0, 0.1) is 22.7 Å². The average Bonchev–Trinajstić information content (AvgIpc) is 3.77. The van der Waals surface area contributed by atoms with E-state index in [0.29, 0.717) is 53.8 Å². The molecule has 0 radical (unpaired) electrons. The maximum absolute atomic E-state index is 14.4. The molecule has 0 unspecified atom stereocenters. The third kappa shape index (κ3) is 3.98. The van der Waals surface area contributed by atoms with E-state index in [4.69, 9.17) is 20.4 Å². The first-order valence-electron chi connectivity index (χ1n) is 14.3. The highest BCUT2D eigenvalue weighted by atomic mass is 32.1. The predicted octanol–water partition coefficient (Wildman–Crippen LogP) is 3.03. The molecule has 1 spiro atoms. The van der Waals surface area contributed by atoms with Crippen molar-refractivity contribution in [2.45, 2.75) is 56.2 Å². The van der Waals surface area contributed by atoms with Crippen LogP contribution >= 0.6 is 11.3 Å². The summed E-state index contributed by atoms with van der Waals surface area (Å²) in [5, 5.41) is 27.8. The van der Waals surface area contributed by atoms with Gasteiger partial charge in [-0.05, 0) is 50.8 Å². The number of halogens is 1. The molecule has 3 N–H and O–H groups in total. The van der Waals surface area contributed by atoms with Crippen molar-refractivity contribution in [2.75, 3.05) is 50.5 Å². The first-order valence-corrected chi connectivity index (χ1v) is 15.1. The number of thiophene rings is 1. The van der Waals surface area contributed by atoms with Gasteiger partial charge in [0, 0.05) is 47.5 Å². The van der Waals surface area contributed by atoms with Gasteiger partial charge in [-0.3, -0.25) is 10.00 Å². The summed E-state index contributed by atoms with van der Waals surface area (Å²) in [5.74, 6) is 0.920. The van der Waals surface area contributed by atoms with E-state index in [2.05, 4.69) is 32.1 Å². The van der Waals surface area contributed by atoms with Crippen molar-refractivity contribution in [1.82, 2.24) is 25.1 Å². The van der Waals surface area contributed by atoms with E-state index < -0.39 is 6.17 Å². The van der Waals surface area contributed by atoms with Gasteiger partial charge in [0.2, 0.25) is 0 Å². The Balaban J connectivity index is 1.26. The second kappa shape index (κ2) is 9.75. The fourth-order valence-electron chi connectivity index (χ4n) is 7.47. The molecule has 4 aliphatic rings. The number of hydrogen-bond acceptors (Lipinski definition) is 10. The van der Waals surface area contributed by atoms with Crippen LogP contribution in [0.2, 0.25) is 0 Å². The zero-order chi connectivity index (χ0) is 29.2. The quantitative estimate of drug-likeness (QED) is 0.328. The van der Waals surface area contributed by atoms with Crippen LogP contribution in [0.4, 0.5) is 21.0 Å². The maximum Gasteiger partial charge on any atom is 0.435 e. The normalized spacial score (nSPS) is 24.6. The largest absolute Gasteiger partial charge is 0.443 e. The van der Waals surface area contributed by atoms with Crippen LogP contribution in [0.1, 0.15) is 59.9 Å². The lowest BCUT2D eigenvalue weighted by Gasteiger charge is -2.49. The van der Waals surface area contributed by atoms with Gasteiger partial charge in [0.1, 0.15) is 35.6 Å². The predicted molar refractivity (Wildman–Crippen MR) is 155 cm³/mol. The lowest BCUT2D eigenvalue weighted by atomic mass is 9.74. The van der Waals surface area contributed by atoms with Gasteiger partial charge in [0.05, 0.1) is 23.8 Å². The Kier molecular flexibility index (Phi) is 6.22. The first-order chi connectivity index (χ1) is 20.3. The second-order valence-corrected chi connectivity index (χ2v) is 13.1. The van der Waals surface area contributed by atoms with E-state index in [1.54, 1.807) is 6.20 Å². The molecule has 3 fully saturated rings. The number of hydrogen-bond donors (Lipinski definition) is 2. The van der Waals surface area contributed by atoms with Crippen LogP contribution in [0.15, 0.2) is 12.3 Å². The summed E-state index contributed by atoms with van der Waals surface area (Å²) < 4.78 is 22.6. The molecular formula is C29H32FN10OS+. The summed E-state index contributed by atoms with van der Waals surface area (Å²) in [4.78, 5) is 15.0. The zero-order valence-corrected chi connectivity index (χ0v) is 24.5. The maximum atomic E-state index is 14.4. The zero-order valence-electron chi connectivity index (χ0n) is 23.7.